The van der Waals surface area contributed by atoms with Crippen molar-refractivity contribution < 1.29 is 0 Å². The summed E-state index contributed by atoms with van der Waals surface area (Å²) in [6, 6.07) is 3.92. The van der Waals surface area contributed by atoms with Gasteiger partial charge in [-0.1, -0.05) is 20.3 Å². The van der Waals surface area contributed by atoms with Crippen molar-refractivity contribution in [3.8, 4) is 5.69 Å². The standard InChI is InChI=1S/C13H17N3/c1-3-4-11(2)12-9-15-16(10-12)13-5-7-14-8-6-13/h5-11H,3-4H2,1-2H3. The van der Waals surface area contributed by atoms with Gasteiger partial charge in [0.25, 0.3) is 0 Å². The first-order valence-corrected chi connectivity index (χ1v) is 5.76. The van der Waals surface area contributed by atoms with Crippen LogP contribution in [0, 0.1) is 0 Å². The number of rotatable bonds is 4. The maximum absolute atomic E-state index is 4.38. The van der Waals surface area contributed by atoms with E-state index >= 15 is 0 Å². The predicted molar refractivity (Wildman–Crippen MR) is 64.7 cm³/mol. The van der Waals surface area contributed by atoms with Crippen molar-refractivity contribution in [3.63, 3.8) is 0 Å². The Bertz CT molecular complexity index is 433. The smallest absolute Gasteiger partial charge is 0.0676 e. The lowest BCUT2D eigenvalue weighted by atomic mass is 10.0. The Morgan fingerprint density at radius 2 is 2.06 bits per heavy atom. The van der Waals surface area contributed by atoms with Crippen LogP contribution in [0.5, 0.6) is 0 Å². The summed E-state index contributed by atoms with van der Waals surface area (Å²) in [7, 11) is 0. The van der Waals surface area contributed by atoms with Gasteiger partial charge in [-0.2, -0.15) is 5.10 Å². The van der Waals surface area contributed by atoms with Gasteiger partial charge in [0.1, 0.15) is 0 Å². The minimum atomic E-state index is 0.584. The highest BCUT2D eigenvalue weighted by molar-refractivity contribution is 5.29. The normalized spacial score (nSPS) is 12.6. The number of aromatic nitrogens is 3. The summed E-state index contributed by atoms with van der Waals surface area (Å²) in [5.74, 6) is 0.584. The fourth-order valence-corrected chi connectivity index (χ4v) is 1.83. The van der Waals surface area contributed by atoms with Crippen LogP contribution in [-0.4, -0.2) is 14.8 Å². The molecule has 0 aromatic carbocycles. The summed E-state index contributed by atoms with van der Waals surface area (Å²) in [4.78, 5) is 4.00. The molecule has 0 amide bonds. The van der Waals surface area contributed by atoms with Gasteiger partial charge in [-0.05, 0) is 30.0 Å². The highest BCUT2D eigenvalue weighted by Gasteiger charge is 2.07. The number of hydrogen-bond donors (Lipinski definition) is 0. The molecule has 0 saturated heterocycles. The molecular formula is C13H17N3. The summed E-state index contributed by atoms with van der Waals surface area (Å²) in [6.45, 7) is 4.46. The predicted octanol–water partition coefficient (Wildman–Crippen LogP) is 3.17. The lowest BCUT2D eigenvalue weighted by molar-refractivity contribution is 0.664. The van der Waals surface area contributed by atoms with Crippen LogP contribution in [0.3, 0.4) is 0 Å². The zero-order valence-corrected chi connectivity index (χ0v) is 9.80. The molecule has 2 aromatic rings. The molecule has 0 saturated carbocycles. The van der Waals surface area contributed by atoms with Crippen LogP contribution in [-0.2, 0) is 0 Å². The maximum atomic E-state index is 4.38. The molecule has 3 nitrogen and oxygen atoms in total. The van der Waals surface area contributed by atoms with Gasteiger partial charge in [0.15, 0.2) is 0 Å². The summed E-state index contributed by atoms with van der Waals surface area (Å²) in [5.41, 5.74) is 2.36. The molecule has 0 spiro atoms. The fourth-order valence-electron chi connectivity index (χ4n) is 1.83. The van der Waals surface area contributed by atoms with Crippen LogP contribution in [0.1, 0.15) is 38.2 Å². The van der Waals surface area contributed by atoms with Crippen LogP contribution in [0.25, 0.3) is 5.69 Å². The largest absolute Gasteiger partial charge is 0.265 e. The van der Waals surface area contributed by atoms with E-state index in [4.69, 9.17) is 0 Å². The second kappa shape index (κ2) is 4.92. The first kappa shape index (κ1) is 10.9. The minimum absolute atomic E-state index is 0.584. The summed E-state index contributed by atoms with van der Waals surface area (Å²) >= 11 is 0. The van der Waals surface area contributed by atoms with E-state index in [9.17, 15) is 0 Å². The molecule has 0 bridgehead atoms. The Morgan fingerprint density at radius 3 is 2.75 bits per heavy atom. The first-order valence-electron chi connectivity index (χ1n) is 5.76. The molecule has 0 radical (unpaired) electrons. The Balaban J connectivity index is 2.20. The number of pyridine rings is 1. The molecule has 2 heterocycles. The second-order valence-electron chi connectivity index (χ2n) is 4.11. The zero-order valence-electron chi connectivity index (χ0n) is 9.80. The molecule has 0 fully saturated rings. The van der Waals surface area contributed by atoms with Crippen molar-refractivity contribution in [2.45, 2.75) is 32.6 Å². The van der Waals surface area contributed by atoms with Gasteiger partial charge in [-0.15, -0.1) is 0 Å². The van der Waals surface area contributed by atoms with Gasteiger partial charge in [-0.25, -0.2) is 4.68 Å². The van der Waals surface area contributed by atoms with E-state index in [1.54, 1.807) is 12.4 Å². The van der Waals surface area contributed by atoms with E-state index in [0.717, 1.165) is 5.69 Å². The molecule has 3 heteroatoms. The molecule has 1 unspecified atom stereocenters. The Labute approximate surface area is 96.1 Å². The number of nitrogens with zero attached hydrogens (tertiary/aromatic N) is 3. The molecule has 0 aliphatic heterocycles. The molecule has 84 valence electrons. The number of hydrogen-bond acceptors (Lipinski definition) is 2. The lowest BCUT2D eigenvalue weighted by Crippen LogP contribution is -1.94. The van der Waals surface area contributed by atoms with Crippen molar-refractivity contribution in [2.75, 3.05) is 0 Å². The SMILES string of the molecule is CCCC(C)c1cnn(-c2ccncc2)c1. The Morgan fingerprint density at radius 1 is 1.31 bits per heavy atom. The molecule has 0 aliphatic rings. The van der Waals surface area contributed by atoms with Crippen LogP contribution in [0.15, 0.2) is 36.9 Å². The van der Waals surface area contributed by atoms with E-state index in [1.807, 2.05) is 23.0 Å². The van der Waals surface area contributed by atoms with Gasteiger partial charge < -0.3 is 0 Å². The van der Waals surface area contributed by atoms with E-state index < -0.39 is 0 Å². The molecule has 2 rings (SSSR count). The summed E-state index contributed by atoms with van der Waals surface area (Å²) in [5, 5.41) is 4.38. The van der Waals surface area contributed by atoms with E-state index in [2.05, 4.69) is 30.1 Å². The van der Waals surface area contributed by atoms with Crippen molar-refractivity contribution in [2.24, 2.45) is 0 Å². The average Bonchev–Trinajstić information content (AvgIpc) is 2.80. The quantitative estimate of drug-likeness (QED) is 0.784. The molecule has 0 N–H and O–H groups in total. The lowest BCUT2D eigenvalue weighted by Gasteiger charge is -2.05. The molecule has 16 heavy (non-hydrogen) atoms. The molecule has 1 atom stereocenters. The third-order valence-corrected chi connectivity index (χ3v) is 2.82. The van der Waals surface area contributed by atoms with E-state index in [1.165, 1.54) is 18.4 Å². The summed E-state index contributed by atoms with van der Waals surface area (Å²) in [6.07, 6.45) is 10.1. The van der Waals surface area contributed by atoms with Crippen molar-refractivity contribution in [3.05, 3.63) is 42.5 Å². The van der Waals surface area contributed by atoms with Crippen molar-refractivity contribution in [1.29, 1.82) is 0 Å². The van der Waals surface area contributed by atoms with Crippen LogP contribution >= 0.6 is 0 Å². The van der Waals surface area contributed by atoms with Gasteiger partial charge in [0.2, 0.25) is 0 Å². The Kier molecular flexibility index (Phi) is 3.34. The third kappa shape index (κ3) is 2.30. The van der Waals surface area contributed by atoms with Gasteiger partial charge in [0.05, 0.1) is 11.9 Å². The molecular weight excluding hydrogens is 198 g/mol. The average molecular weight is 215 g/mol. The Hall–Kier alpha value is -1.64. The summed E-state index contributed by atoms with van der Waals surface area (Å²) < 4.78 is 1.91. The minimum Gasteiger partial charge on any atom is -0.265 e. The molecule has 2 aromatic heterocycles. The van der Waals surface area contributed by atoms with Crippen LogP contribution in [0.2, 0.25) is 0 Å². The van der Waals surface area contributed by atoms with Crippen LogP contribution < -0.4 is 0 Å². The monoisotopic (exact) mass is 215 g/mol. The molecule has 0 aliphatic carbocycles. The highest BCUT2D eigenvalue weighted by Crippen LogP contribution is 2.20. The first-order chi connectivity index (χ1) is 7.81. The van der Waals surface area contributed by atoms with Gasteiger partial charge >= 0.3 is 0 Å². The van der Waals surface area contributed by atoms with E-state index in [0.29, 0.717) is 5.92 Å². The second-order valence-corrected chi connectivity index (χ2v) is 4.11. The maximum Gasteiger partial charge on any atom is 0.0676 e. The van der Waals surface area contributed by atoms with Gasteiger partial charge in [-0.3, -0.25) is 4.98 Å². The van der Waals surface area contributed by atoms with E-state index in [-0.39, 0.29) is 0 Å². The third-order valence-electron chi connectivity index (χ3n) is 2.82. The zero-order chi connectivity index (χ0) is 11.4. The van der Waals surface area contributed by atoms with Gasteiger partial charge in [0, 0.05) is 18.6 Å². The van der Waals surface area contributed by atoms with Crippen molar-refractivity contribution in [1.82, 2.24) is 14.8 Å². The fraction of sp³-hybridized carbons (Fsp3) is 0.385. The highest BCUT2D eigenvalue weighted by atomic mass is 15.3. The topological polar surface area (TPSA) is 30.7 Å². The van der Waals surface area contributed by atoms with Crippen LogP contribution in [0.4, 0.5) is 0 Å². The van der Waals surface area contributed by atoms with Crippen molar-refractivity contribution >= 4 is 0 Å².